The number of carbonyl (C=O) groups excluding carboxylic acids is 1. The molecule has 104 valence electrons. The third kappa shape index (κ3) is 4.91. The van der Waals surface area contributed by atoms with Crippen LogP contribution < -0.4 is 11.1 Å². The van der Waals surface area contributed by atoms with Crippen LogP contribution in [0.25, 0.3) is 0 Å². The molecule has 0 aliphatic heterocycles. The molecule has 0 saturated carbocycles. The molecule has 2 unspecified atom stereocenters. The number of thiocarbonyl (C=S) groups is 1. The van der Waals surface area contributed by atoms with Crippen molar-refractivity contribution in [2.24, 2.45) is 11.7 Å². The second-order valence-corrected chi connectivity index (χ2v) is 5.91. The minimum atomic E-state index is -0.377. The quantitative estimate of drug-likeness (QED) is 0.779. The molecule has 0 radical (unpaired) electrons. The van der Waals surface area contributed by atoms with Gasteiger partial charge in [0.2, 0.25) is 5.91 Å². The van der Waals surface area contributed by atoms with Gasteiger partial charge in [0.25, 0.3) is 0 Å². The lowest BCUT2D eigenvalue weighted by atomic mass is 10.0. The summed E-state index contributed by atoms with van der Waals surface area (Å²) >= 11 is 8.34. The number of hydrogen-bond acceptors (Lipinski definition) is 2. The third-order valence-electron chi connectivity index (χ3n) is 2.97. The molecule has 2 atom stereocenters. The van der Waals surface area contributed by atoms with Gasteiger partial charge in [0, 0.05) is 4.47 Å². The van der Waals surface area contributed by atoms with Crippen molar-refractivity contribution in [2.45, 2.75) is 32.7 Å². The second kappa shape index (κ2) is 7.60. The fraction of sp³-hybridized carbons (Fsp3) is 0.429. The zero-order chi connectivity index (χ0) is 14.4. The van der Waals surface area contributed by atoms with Gasteiger partial charge in [-0.3, -0.25) is 4.79 Å². The molecule has 0 spiro atoms. The zero-order valence-corrected chi connectivity index (χ0v) is 13.6. The van der Waals surface area contributed by atoms with Crippen LogP contribution in [0.4, 0.5) is 0 Å². The van der Waals surface area contributed by atoms with Crippen LogP contribution in [0.15, 0.2) is 28.7 Å². The van der Waals surface area contributed by atoms with Crippen LogP contribution in [-0.4, -0.2) is 10.9 Å². The highest BCUT2D eigenvalue weighted by Gasteiger charge is 2.22. The van der Waals surface area contributed by atoms with Crippen molar-refractivity contribution in [1.29, 1.82) is 0 Å². The predicted octanol–water partition coefficient (Wildman–Crippen LogP) is 3.33. The standard InChI is InChI=1S/C14H19BrN2OS/c1-3-4-12(13(16)19)14(18)17-9(2)10-5-7-11(15)8-6-10/h5-9,12H,3-4H2,1-2H3,(H2,16,19)(H,17,18). The lowest BCUT2D eigenvalue weighted by molar-refractivity contribution is -0.123. The van der Waals surface area contributed by atoms with E-state index in [-0.39, 0.29) is 22.9 Å². The van der Waals surface area contributed by atoms with Gasteiger partial charge >= 0.3 is 0 Å². The Morgan fingerprint density at radius 1 is 1.42 bits per heavy atom. The van der Waals surface area contributed by atoms with Crippen molar-refractivity contribution < 1.29 is 4.79 Å². The van der Waals surface area contributed by atoms with Crippen molar-refractivity contribution >= 4 is 39.0 Å². The van der Waals surface area contributed by atoms with Crippen LogP contribution >= 0.6 is 28.1 Å². The Morgan fingerprint density at radius 3 is 2.47 bits per heavy atom. The predicted molar refractivity (Wildman–Crippen MR) is 85.9 cm³/mol. The molecular weight excluding hydrogens is 324 g/mol. The number of carbonyl (C=O) groups is 1. The topological polar surface area (TPSA) is 55.1 Å². The van der Waals surface area contributed by atoms with E-state index >= 15 is 0 Å². The molecule has 0 aliphatic rings. The van der Waals surface area contributed by atoms with Crippen molar-refractivity contribution in [1.82, 2.24) is 5.32 Å². The van der Waals surface area contributed by atoms with Crippen LogP contribution in [0.2, 0.25) is 0 Å². The Bertz CT molecular complexity index is 447. The number of nitrogens with one attached hydrogen (secondary N) is 1. The van der Waals surface area contributed by atoms with Crippen LogP contribution in [0.5, 0.6) is 0 Å². The summed E-state index contributed by atoms with van der Waals surface area (Å²) in [6.07, 6.45) is 1.57. The van der Waals surface area contributed by atoms with E-state index in [2.05, 4.69) is 21.2 Å². The number of rotatable bonds is 6. The molecule has 0 heterocycles. The first kappa shape index (κ1) is 16.1. The molecule has 0 aliphatic carbocycles. The number of halogens is 1. The van der Waals surface area contributed by atoms with Gasteiger partial charge in [-0.2, -0.15) is 0 Å². The zero-order valence-electron chi connectivity index (χ0n) is 11.2. The molecule has 1 rings (SSSR count). The van der Waals surface area contributed by atoms with Gasteiger partial charge in [0.05, 0.1) is 16.9 Å². The number of hydrogen-bond donors (Lipinski definition) is 2. The maximum Gasteiger partial charge on any atom is 0.230 e. The van der Waals surface area contributed by atoms with Crippen LogP contribution in [0.1, 0.15) is 38.3 Å². The minimum absolute atomic E-state index is 0.0608. The molecule has 1 aromatic rings. The largest absolute Gasteiger partial charge is 0.393 e. The molecule has 5 heteroatoms. The highest BCUT2D eigenvalue weighted by Crippen LogP contribution is 2.17. The first-order valence-corrected chi connectivity index (χ1v) is 7.51. The summed E-state index contributed by atoms with van der Waals surface area (Å²) < 4.78 is 1.02. The molecule has 1 amide bonds. The Morgan fingerprint density at radius 2 is 2.00 bits per heavy atom. The summed E-state index contributed by atoms with van der Waals surface area (Å²) in [5.41, 5.74) is 6.67. The van der Waals surface area contributed by atoms with E-state index in [1.54, 1.807) is 0 Å². The molecule has 0 aromatic heterocycles. The van der Waals surface area contributed by atoms with E-state index in [0.29, 0.717) is 6.42 Å². The maximum absolute atomic E-state index is 12.1. The summed E-state index contributed by atoms with van der Waals surface area (Å²) in [7, 11) is 0. The van der Waals surface area contributed by atoms with E-state index in [1.807, 2.05) is 38.1 Å². The monoisotopic (exact) mass is 342 g/mol. The molecule has 3 N–H and O–H groups in total. The first-order valence-electron chi connectivity index (χ1n) is 6.30. The van der Waals surface area contributed by atoms with Crippen molar-refractivity contribution in [3.8, 4) is 0 Å². The van der Waals surface area contributed by atoms with E-state index in [1.165, 1.54) is 0 Å². The van der Waals surface area contributed by atoms with Gasteiger partial charge in [-0.05, 0) is 31.0 Å². The summed E-state index contributed by atoms with van der Waals surface area (Å²) in [6.45, 7) is 3.96. The second-order valence-electron chi connectivity index (χ2n) is 4.53. The Hall–Kier alpha value is -0.940. The van der Waals surface area contributed by atoms with Gasteiger partial charge in [-0.15, -0.1) is 0 Å². The van der Waals surface area contributed by atoms with E-state index < -0.39 is 0 Å². The summed E-state index contributed by atoms with van der Waals surface area (Å²) in [6, 6.07) is 7.80. The molecule has 0 bridgehead atoms. The molecule has 3 nitrogen and oxygen atoms in total. The number of amides is 1. The smallest absolute Gasteiger partial charge is 0.230 e. The van der Waals surface area contributed by atoms with Crippen LogP contribution in [0.3, 0.4) is 0 Å². The lowest BCUT2D eigenvalue weighted by Crippen LogP contribution is -2.39. The van der Waals surface area contributed by atoms with Crippen molar-refractivity contribution in [3.05, 3.63) is 34.3 Å². The maximum atomic E-state index is 12.1. The van der Waals surface area contributed by atoms with E-state index in [4.69, 9.17) is 18.0 Å². The fourth-order valence-electron chi connectivity index (χ4n) is 1.84. The third-order valence-corrected chi connectivity index (χ3v) is 3.78. The Balaban J connectivity index is 2.69. The van der Waals surface area contributed by atoms with Crippen molar-refractivity contribution in [2.75, 3.05) is 0 Å². The van der Waals surface area contributed by atoms with Gasteiger partial charge in [0.15, 0.2) is 0 Å². The van der Waals surface area contributed by atoms with Gasteiger partial charge in [-0.1, -0.05) is 53.6 Å². The molecule has 1 aromatic carbocycles. The van der Waals surface area contributed by atoms with E-state index in [9.17, 15) is 4.79 Å². The van der Waals surface area contributed by atoms with Gasteiger partial charge < -0.3 is 11.1 Å². The average Bonchev–Trinajstić information content (AvgIpc) is 2.36. The highest BCUT2D eigenvalue weighted by atomic mass is 79.9. The van der Waals surface area contributed by atoms with Crippen LogP contribution in [-0.2, 0) is 4.79 Å². The summed E-state index contributed by atoms with van der Waals surface area (Å²) in [5, 5.41) is 2.96. The Labute approximate surface area is 128 Å². The Kier molecular flexibility index (Phi) is 6.45. The van der Waals surface area contributed by atoms with Crippen LogP contribution in [0, 0.1) is 5.92 Å². The lowest BCUT2D eigenvalue weighted by Gasteiger charge is -2.19. The highest BCUT2D eigenvalue weighted by molar-refractivity contribution is 9.10. The number of benzene rings is 1. The van der Waals surface area contributed by atoms with E-state index in [0.717, 1.165) is 16.5 Å². The molecule has 19 heavy (non-hydrogen) atoms. The minimum Gasteiger partial charge on any atom is -0.393 e. The summed E-state index contributed by atoms with van der Waals surface area (Å²) in [5.74, 6) is -0.470. The fourth-order valence-corrected chi connectivity index (χ4v) is 2.33. The summed E-state index contributed by atoms with van der Waals surface area (Å²) in [4.78, 5) is 12.4. The van der Waals surface area contributed by atoms with Gasteiger partial charge in [0.1, 0.15) is 0 Å². The SMILES string of the molecule is CCCC(C(=O)NC(C)c1ccc(Br)cc1)C(N)=S. The normalized spacial score (nSPS) is 13.6. The number of nitrogens with two attached hydrogens (primary N) is 1. The van der Waals surface area contributed by atoms with Gasteiger partial charge in [-0.25, -0.2) is 0 Å². The first-order chi connectivity index (χ1) is 8.95. The molecular formula is C14H19BrN2OS. The van der Waals surface area contributed by atoms with Crippen molar-refractivity contribution in [3.63, 3.8) is 0 Å². The molecule has 0 saturated heterocycles. The average molecular weight is 343 g/mol. The molecule has 0 fully saturated rings.